The Morgan fingerprint density at radius 1 is 0.895 bits per heavy atom. The zero-order chi connectivity index (χ0) is 13.2. The molecule has 1 atom stereocenters. The lowest BCUT2D eigenvalue weighted by molar-refractivity contribution is -0.709. The highest BCUT2D eigenvalue weighted by molar-refractivity contribution is 5.81. The maximum absolute atomic E-state index is 2.27. The second-order valence-corrected chi connectivity index (χ2v) is 5.11. The third-order valence-electron chi connectivity index (χ3n) is 3.69. The summed E-state index contributed by atoms with van der Waals surface area (Å²) in [5, 5.41) is 2.59. The summed E-state index contributed by atoms with van der Waals surface area (Å²) in [5.41, 5.74) is 2.64. The Bertz CT molecular complexity index is 701. The van der Waals surface area contributed by atoms with Gasteiger partial charge >= 0.3 is 0 Å². The van der Waals surface area contributed by atoms with Gasteiger partial charge in [0.2, 0.25) is 0 Å². The van der Waals surface area contributed by atoms with Gasteiger partial charge in [0.15, 0.2) is 18.4 Å². The molecule has 0 saturated carbocycles. The number of hydrogen-bond donors (Lipinski definition) is 0. The van der Waals surface area contributed by atoms with Gasteiger partial charge in [0.1, 0.15) is 0 Å². The Balaban J connectivity index is 2.04. The van der Waals surface area contributed by atoms with Crippen molar-refractivity contribution in [2.45, 2.75) is 19.9 Å². The highest BCUT2D eigenvalue weighted by Crippen LogP contribution is 2.16. The average Bonchev–Trinajstić information content (AvgIpc) is 2.47. The van der Waals surface area contributed by atoms with Gasteiger partial charge in [-0.25, -0.2) is 0 Å². The molecule has 0 aliphatic heterocycles. The molecule has 2 aromatic carbocycles. The van der Waals surface area contributed by atoms with Crippen molar-refractivity contribution in [2.24, 2.45) is 0 Å². The van der Waals surface area contributed by atoms with Gasteiger partial charge in [-0.15, -0.1) is 0 Å². The van der Waals surface area contributed by atoms with Gasteiger partial charge in [0.25, 0.3) is 0 Å². The molecule has 0 bridgehead atoms. The molecule has 1 nitrogen and oxygen atoms in total. The Hall–Kier alpha value is -2.15. The third-order valence-corrected chi connectivity index (χ3v) is 3.69. The van der Waals surface area contributed by atoms with Gasteiger partial charge < -0.3 is 0 Å². The molecule has 0 radical (unpaired) electrons. The predicted octanol–water partition coefficient (Wildman–Crippen LogP) is 4.05. The molecule has 0 spiro atoms. The fourth-order valence-corrected chi connectivity index (χ4v) is 2.47. The van der Waals surface area contributed by atoms with E-state index >= 15 is 0 Å². The number of benzene rings is 2. The molecule has 0 N–H and O–H groups in total. The van der Waals surface area contributed by atoms with Crippen molar-refractivity contribution in [3.05, 3.63) is 78.1 Å². The van der Waals surface area contributed by atoms with Crippen LogP contribution in [0.5, 0.6) is 0 Å². The van der Waals surface area contributed by atoms with Gasteiger partial charge in [-0.3, -0.25) is 0 Å². The van der Waals surface area contributed by atoms with Crippen molar-refractivity contribution in [1.29, 1.82) is 0 Å². The number of aryl methyl sites for hydroxylation is 1. The van der Waals surface area contributed by atoms with E-state index in [1.165, 1.54) is 21.9 Å². The first-order valence-corrected chi connectivity index (χ1v) is 6.70. The first-order chi connectivity index (χ1) is 9.24. The molecule has 19 heavy (non-hydrogen) atoms. The number of pyridine rings is 1. The van der Waals surface area contributed by atoms with Crippen LogP contribution in [0.15, 0.2) is 67.0 Å². The number of aromatic nitrogens is 1. The zero-order valence-corrected chi connectivity index (χ0v) is 11.4. The van der Waals surface area contributed by atoms with Gasteiger partial charge in [-0.2, -0.15) is 4.57 Å². The van der Waals surface area contributed by atoms with Crippen LogP contribution in [-0.2, 0) is 0 Å². The largest absolute Gasteiger partial charge is 0.198 e. The van der Waals surface area contributed by atoms with Gasteiger partial charge in [0, 0.05) is 23.9 Å². The Labute approximate surface area is 114 Å². The molecular weight excluding hydrogens is 230 g/mol. The van der Waals surface area contributed by atoms with E-state index in [1.54, 1.807) is 0 Å². The topological polar surface area (TPSA) is 3.88 Å². The van der Waals surface area contributed by atoms with Crippen LogP contribution >= 0.6 is 0 Å². The van der Waals surface area contributed by atoms with Gasteiger partial charge in [0.05, 0.1) is 0 Å². The summed E-state index contributed by atoms with van der Waals surface area (Å²) >= 11 is 0. The number of rotatable bonds is 2. The molecule has 1 aromatic heterocycles. The predicted molar refractivity (Wildman–Crippen MR) is 79.1 cm³/mol. The van der Waals surface area contributed by atoms with Crippen LogP contribution in [0.3, 0.4) is 0 Å². The maximum atomic E-state index is 2.27. The molecule has 3 rings (SSSR count). The summed E-state index contributed by atoms with van der Waals surface area (Å²) in [4.78, 5) is 0. The molecular formula is C18H18N+. The van der Waals surface area contributed by atoms with Crippen LogP contribution in [0.25, 0.3) is 10.8 Å². The summed E-state index contributed by atoms with van der Waals surface area (Å²) in [6.45, 7) is 4.36. The first-order valence-electron chi connectivity index (χ1n) is 6.70. The first kappa shape index (κ1) is 11.9. The Morgan fingerprint density at radius 3 is 2.47 bits per heavy atom. The van der Waals surface area contributed by atoms with Crippen molar-refractivity contribution >= 4 is 10.8 Å². The van der Waals surface area contributed by atoms with E-state index in [1.807, 2.05) is 0 Å². The van der Waals surface area contributed by atoms with Crippen LogP contribution in [-0.4, -0.2) is 0 Å². The molecule has 94 valence electrons. The summed E-state index contributed by atoms with van der Waals surface area (Å²) in [7, 11) is 0. The lowest BCUT2D eigenvalue weighted by Crippen LogP contribution is -2.37. The van der Waals surface area contributed by atoms with Crippen molar-refractivity contribution in [3.8, 4) is 0 Å². The van der Waals surface area contributed by atoms with Gasteiger partial charge in [-0.05, 0) is 18.4 Å². The van der Waals surface area contributed by atoms with Crippen LogP contribution in [0.4, 0.5) is 0 Å². The van der Waals surface area contributed by atoms with Crippen molar-refractivity contribution in [3.63, 3.8) is 0 Å². The smallest absolute Gasteiger partial charge is 0.180 e. The molecule has 0 aliphatic carbocycles. The molecule has 0 fully saturated rings. The van der Waals surface area contributed by atoms with Crippen LogP contribution in [0, 0.1) is 6.92 Å². The number of hydrogen-bond acceptors (Lipinski definition) is 0. The minimum absolute atomic E-state index is 0.354. The quantitative estimate of drug-likeness (QED) is 0.602. The SMILES string of the molecule is Cc1ccc2c[n+](C(C)c3ccccc3)ccc2c1. The Kier molecular flexibility index (Phi) is 3.04. The fourth-order valence-electron chi connectivity index (χ4n) is 2.47. The number of nitrogens with zero attached hydrogens (tertiary/aromatic N) is 1. The van der Waals surface area contributed by atoms with Crippen molar-refractivity contribution in [2.75, 3.05) is 0 Å². The molecule has 1 unspecified atom stereocenters. The summed E-state index contributed by atoms with van der Waals surface area (Å²) in [6.07, 6.45) is 4.39. The van der Waals surface area contributed by atoms with E-state index in [9.17, 15) is 0 Å². The second-order valence-electron chi connectivity index (χ2n) is 5.11. The standard InChI is InChI=1S/C18H18N/c1-14-8-9-18-13-19(11-10-17(18)12-14)15(2)16-6-4-3-5-7-16/h3-13,15H,1-2H3/q+1. The Morgan fingerprint density at radius 2 is 1.68 bits per heavy atom. The van der Waals surface area contributed by atoms with Crippen molar-refractivity contribution in [1.82, 2.24) is 0 Å². The molecule has 1 heterocycles. The molecule has 0 aliphatic rings. The summed E-state index contributed by atoms with van der Waals surface area (Å²) < 4.78 is 2.27. The van der Waals surface area contributed by atoms with Crippen LogP contribution in [0.1, 0.15) is 24.1 Å². The lowest BCUT2D eigenvalue weighted by atomic mass is 10.1. The normalized spacial score (nSPS) is 12.5. The molecule has 0 amide bonds. The van der Waals surface area contributed by atoms with Crippen molar-refractivity contribution < 1.29 is 4.57 Å². The van der Waals surface area contributed by atoms with Crippen LogP contribution < -0.4 is 4.57 Å². The van der Waals surface area contributed by atoms with E-state index in [4.69, 9.17) is 0 Å². The molecule has 0 saturated heterocycles. The van der Waals surface area contributed by atoms with E-state index < -0.39 is 0 Å². The summed E-state index contributed by atoms with van der Waals surface area (Å²) in [5.74, 6) is 0. The monoisotopic (exact) mass is 248 g/mol. The minimum Gasteiger partial charge on any atom is -0.198 e. The third kappa shape index (κ3) is 2.37. The highest BCUT2D eigenvalue weighted by atomic mass is 15.0. The van der Waals surface area contributed by atoms with Gasteiger partial charge in [-0.1, -0.05) is 48.0 Å². The van der Waals surface area contributed by atoms with E-state index in [-0.39, 0.29) is 0 Å². The fraction of sp³-hybridized carbons (Fsp3) is 0.167. The minimum atomic E-state index is 0.354. The lowest BCUT2D eigenvalue weighted by Gasteiger charge is -2.08. The maximum Gasteiger partial charge on any atom is 0.180 e. The summed E-state index contributed by atoms with van der Waals surface area (Å²) in [6, 6.07) is 19.7. The molecule has 3 aromatic rings. The highest BCUT2D eigenvalue weighted by Gasteiger charge is 2.14. The second kappa shape index (κ2) is 4.85. The number of fused-ring (bicyclic) bond motifs is 1. The zero-order valence-electron chi connectivity index (χ0n) is 11.4. The average molecular weight is 248 g/mol. The van der Waals surface area contributed by atoms with Crippen LogP contribution in [0.2, 0.25) is 0 Å². The molecule has 1 heteroatoms. The van der Waals surface area contributed by atoms with E-state index in [0.717, 1.165) is 0 Å². The van der Waals surface area contributed by atoms with E-state index in [2.05, 4.69) is 85.4 Å². The van der Waals surface area contributed by atoms with E-state index in [0.29, 0.717) is 6.04 Å².